The molecule has 0 aliphatic carbocycles. The third kappa shape index (κ3) is 4.08. The molecule has 21 heavy (non-hydrogen) atoms. The summed E-state index contributed by atoms with van der Waals surface area (Å²) in [6.45, 7) is 2.01. The number of amides is 1. The van der Waals surface area contributed by atoms with E-state index in [4.69, 9.17) is 16.9 Å². The Bertz CT molecular complexity index is 677. The van der Waals surface area contributed by atoms with Crippen LogP contribution >= 0.6 is 11.6 Å². The van der Waals surface area contributed by atoms with E-state index in [-0.39, 0.29) is 11.8 Å². The molecule has 0 saturated heterocycles. The maximum absolute atomic E-state index is 12.1. The topological polar surface area (TPSA) is 52.9 Å². The van der Waals surface area contributed by atoms with Gasteiger partial charge in [-0.2, -0.15) is 5.26 Å². The van der Waals surface area contributed by atoms with Crippen molar-refractivity contribution < 1.29 is 4.79 Å². The second kappa shape index (κ2) is 6.92. The Morgan fingerprint density at radius 3 is 2.67 bits per heavy atom. The third-order valence-corrected chi connectivity index (χ3v) is 3.56. The summed E-state index contributed by atoms with van der Waals surface area (Å²) in [5, 5.41) is 12.1. The van der Waals surface area contributed by atoms with Crippen LogP contribution in [0.3, 0.4) is 0 Å². The summed E-state index contributed by atoms with van der Waals surface area (Å²) in [5.41, 5.74) is 2.06. The predicted octanol–water partition coefficient (Wildman–Crippen LogP) is 4.34. The van der Waals surface area contributed by atoms with Crippen molar-refractivity contribution in [2.45, 2.75) is 19.3 Å². The van der Waals surface area contributed by atoms with Gasteiger partial charge < -0.3 is 5.32 Å². The van der Waals surface area contributed by atoms with Gasteiger partial charge in [-0.3, -0.25) is 4.79 Å². The molecule has 2 aromatic rings. The monoisotopic (exact) mass is 298 g/mol. The molecule has 1 unspecified atom stereocenters. The minimum Gasteiger partial charge on any atom is -0.326 e. The summed E-state index contributed by atoms with van der Waals surface area (Å²) in [5.74, 6) is 0.0477. The molecule has 106 valence electrons. The van der Waals surface area contributed by atoms with Crippen molar-refractivity contribution in [3.8, 4) is 6.07 Å². The number of anilines is 1. The Morgan fingerprint density at radius 2 is 2.00 bits per heavy atom. The van der Waals surface area contributed by atoms with Gasteiger partial charge >= 0.3 is 0 Å². The lowest BCUT2D eigenvalue weighted by molar-refractivity contribution is -0.116. The SMILES string of the molecule is CC(CC(=O)Nc1ccc(Cl)c(C#N)c1)c1ccccc1. The molecule has 1 atom stereocenters. The summed E-state index contributed by atoms with van der Waals surface area (Å²) < 4.78 is 0. The van der Waals surface area contributed by atoms with Crippen LogP contribution in [-0.2, 0) is 4.79 Å². The number of carbonyl (C=O) groups excluding carboxylic acids is 1. The van der Waals surface area contributed by atoms with E-state index < -0.39 is 0 Å². The fourth-order valence-corrected chi connectivity index (χ4v) is 2.24. The molecular formula is C17H15ClN2O. The molecule has 0 bridgehead atoms. The van der Waals surface area contributed by atoms with E-state index in [1.54, 1.807) is 18.2 Å². The van der Waals surface area contributed by atoms with E-state index in [1.807, 2.05) is 43.3 Å². The van der Waals surface area contributed by atoms with Crippen molar-refractivity contribution in [1.29, 1.82) is 5.26 Å². The number of nitrogens with zero attached hydrogens (tertiary/aromatic N) is 1. The van der Waals surface area contributed by atoms with Crippen molar-refractivity contribution in [3.63, 3.8) is 0 Å². The molecule has 0 saturated carbocycles. The van der Waals surface area contributed by atoms with Gasteiger partial charge in [0.25, 0.3) is 0 Å². The highest BCUT2D eigenvalue weighted by Crippen LogP contribution is 2.22. The largest absolute Gasteiger partial charge is 0.326 e. The van der Waals surface area contributed by atoms with Crippen LogP contribution in [0.1, 0.15) is 30.4 Å². The lowest BCUT2D eigenvalue weighted by atomic mass is 9.97. The minimum absolute atomic E-state index is 0.0856. The summed E-state index contributed by atoms with van der Waals surface area (Å²) in [6, 6.07) is 16.8. The molecule has 0 heterocycles. The number of carbonyl (C=O) groups is 1. The van der Waals surface area contributed by atoms with Crippen LogP contribution in [0.15, 0.2) is 48.5 Å². The van der Waals surface area contributed by atoms with E-state index in [2.05, 4.69) is 5.32 Å². The average molecular weight is 299 g/mol. The van der Waals surface area contributed by atoms with Gasteiger partial charge in [-0.05, 0) is 29.7 Å². The molecule has 0 fully saturated rings. The highest BCUT2D eigenvalue weighted by atomic mass is 35.5. The Hall–Kier alpha value is -2.31. The first-order valence-corrected chi connectivity index (χ1v) is 7.02. The van der Waals surface area contributed by atoms with Crippen molar-refractivity contribution in [2.24, 2.45) is 0 Å². The van der Waals surface area contributed by atoms with Gasteiger partial charge in [-0.25, -0.2) is 0 Å². The van der Waals surface area contributed by atoms with Crippen LogP contribution in [0.25, 0.3) is 0 Å². The zero-order valence-corrected chi connectivity index (χ0v) is 12.4. The molecule has 3 nitrogen and oxygen atoms in total. The van der Waals surface area contributed by atoms with Crippen LogP contribution in [0.2, 0.25) is 5.02 Å². The minimum atomic E-state index is -0.0856. The van der Waals surface area contributed by atoms with Gasteiger partial charge in [-0.1, -0.05) is 48.9 Å². The molecule has 2 aromatic carbocycles. The van der Waals surface area contributed by atoms with Gasteiger partial charge in [0, 0.05) is 12.1 Å². The van der Waals surface area contributed by atoms with Crippen molar-refractivity contribution in [1.82, 2.24) is 0 Å². The zero-order valence-electron chi connectivity index (χ0n) is 11.6. The van der Waals surface area contributed by atoms with E-state index >= 15 is 0 Å². The highest BCUT2D eigenvalue weighted by molar-refractivity contribution is 6.31. The molecule has 2 rings (SSSR count). The van der Waals surface area contributed by atoms with Crippen LogP contribution in [0.4, 0.5) is 5.69 Å². The van der Waals surface area contributed by atoms with E-state index in [9.17, 15) is 4.79 Å². The smallest absolute Gasteiger partial charge is 0.224 e. The Balaban J connectivity index is 2.01. The first-order chi connectivity index (χ1) is 10.1. The van der Waals surface area contributed by atoms with E-state index in [1.165, 1.54) is 0 Å². The number of hydrogen-bond donors (Lipinski definition) is 1. The molecule has 0 radical (unpaired) electrons. The molecule has 0 aromatic heterocycles. The normalized spacial score (nSPS) is 11.5. The van der Waals surface area contributed by atoms with Gasteiger partial charge in [-0.15, -0.1) is 0 Å². The van der Waals surface area contributed by atoms with Crippen molar-refractivity contribution in [2.75, 3.05) is 5.32 Å². The quantitative estimate of drug-likeness (QED) is 0.912. The van der Waals surface area contributed by atoms with Crippen molar-refractivity contribution in [3.05, 3.63) is 64.7 Å². The zero-order chi connectivity index (χ0) is 15.2. The maximum Gasteiger partial charge on any atom is 0.224 e. The first kappa shape index (κ1) is 15.1. The lowest BCUT2D eigenvalue weighted by Gasteiger charge is -2.12. The average Bonchev–Trinajstić information content (AvgIpc) is 2.50. The molecule has 0 spiro atoms. The Kier molecular flexibility index (Phi) is 4.97. The summed E-state index contributed by atoms with van der Waals surface area (Å²) in [7, 11) is 0. The number of rotatable bonds is 4. The Labute approximate surface area is 129 Å². The summed E-state index contributed by atoms with van der Waals surface area (Å²) in [4.78, 5) is 12.1. The molecule has 4 heteroatoms. The van der Waals surface area contributed by atoms with E-state index in [0.29, 0.717) is 22.7 Å². The summed E-state index contributed by atoms with van der Waals surface area (Å²) >= 11 is 5.86. The van der Waals surface area contributed by atoms with Crippen LogP contribution in [0, 0.1) is 11.3 Å². The first-order valence-electron chi connectivity index (χ1n) is 6.64. The van der Waals surface area contributed by atoms with E-state index in [0.717, 1.165) is 5.56 Å². The maximum atomic E-state index is 12.1. The predicted molar refractivity (Wildman–Crippen MR) is 84.3 cm³/mol. The number of nitriles is 1. The van der Waals surface area contributed by atoms with Crippen LogP contribution in [-0.4, -0.2) is 5.91 Å². The molecule has 1 N–H and O–H groups in total. The van der Waals surface area contributed by atoms with Gasteiger partial charge in [0.15, 0.2) is 0 Å². The number of benzene rings is 2. The number of nitrogens with one attached hydrogen (secondary N) is 1. The highest BCUT2D eigenvalue weighted by Gasteiger charge is 2.11. The van der Waals surface area contributed by atoms with Crippen LogP contribution in [0.5, 0.6) is 0 Å². The second-order valence-electron chi connectivity index (χ2n) is 4.87. The molecule has 1 amide bonds. The van der Waals surface area contributed by atoms with Crippen LogP contribution < -0.4 is 5.32 Å². The standard InChI is InChI=1S/C17H15ClN2O/c1-12(13-5-3-2-4-6-13)9-17(21)20-15-7-8-16(18)14(10-15)11-19/h2-8,10,12H,9H2,1H3,(H,20,21). The molecule has 0 aliphatic heterocycles. The van der Waals surface area contributed by atoms with Gasteiger partial charge in [0.1, 0.15) is 6.07 Å². The number of hydrogen-bond acceptors (Lipinski definition) is 2. The van der Waals surface area contributed by atoms with Gasteiger partial charge in [0.2, 0.25) is 5.91 Å². The number of halogens is 1. The summed E-state index contributed by atoms with van der Waals surface area (Å²) in [6.07, 6.45) is 0.383. The molecular weight excluding hydrogens is 284 g/mol. The van der Waals surface area contributed by atoms with Gasteiger partial charge in [0.05, 0.1) is 10.6 Å². The third-order valence-electron chi connectivity index (χ3n) is 3.23. The lowest BCUT2D eigenvalue weighted by Crippen LogP contribution is -2.14. The Morgan fingerprint density at radius 1 is 1.29 bits per heavy atom. The fourth-order valence-electron chi connectivity index (χ4n) is 2.08. The molecule has 0 aliphatic rings. The fraction of sp³-hybridized carbons (Fsp3) is 0.176. The van der Waals surface area contributed by atoms with Crippen molar-refractivity contribution >= 4 is 23.2 Å². The second-order valence-corrected chi connectivity index (χ2v) is 5.28.